The molecule has 25 heteroatoms. The van der Waals surface area contributed by atoms with Crippen LogP contribution in [0, 0.1) is 5.82 Å². The van der Waals surface area contributed by atoms with E-state index in [1.54, 1.807) is 21.7 Å². The minimum absolute atomic E-state index is 0.137. The number of piperidine rings is 1. The lowest BCUT2D eigenvalue weighted by Crippen LogP contribution is -2.60. The standard InChI is InChI=1S/C16H20ClN3O.C15H20ClN3O2S.C14H17ClN2O2S.C13H16FN3O2S/c1-11(21)20-7-6-19(10-16(20,2)3)15-9-12(17)8-14-13(15)4-5-18-14;1-15(2)10-18(6-7-19(15)22(3,20)21)14-9-11(16)8-13-12(14)4-5-17-13;1-20(18,19)17-8-5-10(6-9-17)11-2-3-13(15)14-12(11)4-7-16-14;1-20(18,19)17-6-4-16(5-7-17)13-9-10(14)8-12-11(13)2-3-15-12/h4-5,8-9,18H,6-7,10H2,1-3H3;4-5,8-9,17H,6-7,10H2,1-3H3;2-4,7,10,16H,5-6,8-9H2,1H3;2-3,8-9,15H,4-7H2,1H3. The minimum Gasteiger partial charge on any atom is -0.368 e. The predicted octanol–water partition coefficient (Wildman–Crippen LogP) is 10.3. The van der Waals surface area contributed by atoms with Crippen LogP contribution in [-0.2, 0) is 34.9 Å². The fraction of sp³-hybridized carbons (Fsp3) is 0.431. The second kappa shape index (κ2) is 24.4. The van der Waals surface area contributed by atoms with Crippen molar-refractivity contribution < 1.29 is 34.4 Å². The minimum atomic E-state index is -3.20. The van der Waals surface area contributed by atoms with E-state index in [1.165, 1.54) is 46.2 Å². The Balaban J connectivity index is 0.000000133. The highest BCUT2D eigenvalue weighted by molar-refractivity contribution is 7.88. The molecule has 4 aliphatic heterocycles. The first kappa shape index (κ1) is 62.0. The van der Waals surface area contributed by atoms with E-state index in [1.807, 2.05) is 90.8 Å². The third-order valence-electron chi connectivity index (χ3n) is 16.1. The quantitative estimate of drug-likeness (QED) is 0.119. The van der Waals surface area contributed by atoms with E-state index in [2.05, 4.69) is 55.7 Å². The van der Waals surface area contributed by atoms with Gasteiger partial charge in [0.1, 0.15) is 5.82 Å². The predicted molar refractivity (Wildman–Crippen MR) is 337 cm³/mol. The zero-order valence-electron chi connectivity index (χ0n) is 47.9. The number of benzene rings is 4. The number of H-pyrrole nitrogens is 4. The number of piperazine rings is 3. The van der Waals surface area contributed by atoms with Crippen LogP contribution < -0.4 is 14.7 Å². The Labute approximate surface area is 500 Å². The van der Waals surface area contributed by atoms with Crippen LogP contribution in [-0.4, -0.2) is 177 Å². The number of hydrogen-bond donors (Lipinski definition) is 4. The van der Waals surface area contributed by atoms with Gasteiger partial charge in [0.05, 0.1) is 40.4 Å². The van der Waals surface area contributed by atoms with Gasteiger partial charge in [-0.05, 0) is 119 Å². The fourth-order valence-electron chi connectivity index (χ4n) is 12.3. The molecule has 4 aromatic carbocycles. The molecule has 4 aliphatic rings. The Hall–Kier alpha value is -5.56. The molecular weight excluding hydrogens is 1180 g/mol. The molecule has 4 saturated heterocycles. The summed E-state index contributed by atoms with van der Waals surface area (Å²) in [6.07, 6.45) is 13.0. The smallest absolute Gasteiger partial charge is 0.220 e. The number of carbonyl (C=O) groups is 1. The Morgan fingerprint density at radius 3 is 1.45 bits per heavy atom. The topological polar surface area (TPSA) is 205 Å². The lowest BCUT2D eigenvalue weighted by Gasteiger charge is -2.47. The molecule has 0 bridgehead atoms. The van der Waals surface area contributed by atoms with Crippen molar-refractivity contribution >= 4 is 131 Å². The summed E-state index contributed by atoms with van der Waals surface area (Å²) in [4.78, 5) is 32.8. The van der Waals surface area contributed by atoms with E-state index in [4.69, 9.17) is 34.8 Å². The molecule has 0 radical (unpaired) electrons. The largest absolute Gasteiger partial charge is 0.368 e. The molecule has 8 aromatic rings. The first-order chi connectivity index (χ1) is 39.0. The first-order valence-electron chi connectivity index (χ1n) is 27.4. The Kier molecular flexibility index (Phi) is 18.2. The number of carbonyl (C=O) groups excluding carboxylic acids is 1. The number of aromatic nitrogens is 4. The number of hydrogen-bond acceptors (Lipinski definition) is 10. The van der Waals surface area contributed by atoms with Crippen molar-refractivity contribution in [3.8, 4) is 0 Å². The van der Waals surface area contributed by atoms with Gasteiger partial charge in [-0.1, -0.05) is 40.9 Å². The Morgan fingerprint density at radius 2 is 0.964 bits per heavy atom. The molecule has 0 atom stereocenters. The molecule has 4 fully saturated rings. The maximum Gasteiger partial charge on any atom is 0.220 e. The molecule has 4 N–H and O–H groups in total. The zero-order valence-corrected chi connectivity index (χ0v) is 52.7. The van der Waals surface area contributed by atoms with Crippen LogP contribution in [0.4, 0.5) is 21.5 Å². The molecular formula is C58H73Cl3FN11O7S3. The van der Waals surface area contributed by atoms with Crippen molar-refractivity contribution in [1.29, 1.82) is 0 Å². The third-order valence-corrected chi connectivity index (χ3v) is 21.0. The summed E-state index contributed by atoms with van der Waals surface area (Å²) in [7, 11) is -9.41. The molecule has 18 nitrogen and oxygen atoms in total. The van der Waals surface area contributed by atoms with Crippen molar-refractivity contribution in [3.63, 3.8) is 0 Å². The molecule has 12 rings (SSSR count). The van der Waals surface area contributed by atoms with E-state index in [-0.39, 0.29) is 17.3 Å². The molecule has 1 amide bonds. The highest BCUT2D eigenvalue weighted by Crippen LogP contribution is 2.38. The van der Waals surface area contributed by atoms with Crippen molar-refractivity contribution in [2.75, 3.05) is 112 Å². The summed E-state index contributed by atoms with van der Waals surface area (Å²) in [5, 5.41) is 6.51. The SMILES string of the molecule is CC(=O)N1CCN(c2cc(Cl)cc3[nH]ccc23)CC1(C)C.CC1(C)CN(c2cc(Cl)cc3[nH]ccc23)CCN1S(C)(=O)=O.CS(=O)(=O)N1CCC(c2ccc(Cl)c3[nH]ccc23)CC1.CS(=O)(=O)N1CCN(c2cc(F)cc3[nH]ccc23)CC1. The number of sulfonamides is 3. The molecule has 0 unspecified atom stereocenters. The lowest BCUT2D eigenvalue weighted by molar-refractivity contribution is -0.134. The van der Waals surface area contributed by atoms with E-state index in [0.717, 1.165) is 97.8 Å². The maximum atomic E-state index is 13.6. The highest BCUT2D eigenvalue weighted by Gasteiger charge is 2.40. The summed E-state index contributed by atoms with van der Waals surface area (Å²) in [5.74, 6) is 0.238. The lowest BCUT2D eigenvalue weighted by atomic mass is 9.88. The summed E-state index contributed by atoms with van der Waals surface area (Å²) in [6, 6.07) is 22.8. The van der Waals surface area contributed by atoms with Crippen LogP contribution in [0.15, 0.2) is 97.6 Å². The van der Waals surface area contributed by atoms with E-state index >= 15 is 0 Å². The van der Waals surface area contributed by atoms with Gasteiger partial charge in [0, 0.05) is 175 Å². The van der Waals surface area contributed by atoms with Crippen molar-refractivity contribution in [1.82, 2.24) is 37.8 Å². The maximum absolute atomic E-state index is 13.6. The molecule has 83 heavy (non-hydrogen) atoms. The highest BCUT2D eigenvalue weighted by atomic mass is 35.5. The number of aromatic amines is 4. The van der Waals surface area contributed by atoms with Gasteiger partial charge in [-0.3, -0.25) is 4.79 Å². The van der Waals surface area contributed by atoms with E-state index in [9.17, 15) is 34.4 Å². The summed E-state index contributed by atoms with van der Waals surface area (Å²) in [6.45, 7) is 17.1. The summed E-state index contributed by atoms with van der Waals surface area (Å²) in [5.41, 5.74) is 7.37. The number of halogens is 4. The van der Waals surface area contributed by atoms with Gasteiger partial charge in [0.15, 0.2) is 0 Å². The van der Waals surface area contributed by atoms with Crippen molar-refractivity contribution in [2.24, 2.45) is 0 Å². The summed E-state index contributed by atoms with van der Waals surface area (Å²) >= 11 is 18.6. The zero-order chi connectivity index (χ0) is 60.0. The van der Waals surface area contributed by atoms with Gasteiger partial charge < -0.3 is 39.5 Å². The molecule has 0 spiro atoms. The van der Waals surface area contributed by atoms with Crippen LogP contribution in [0.2, 0.25) is 15.1 Å². The fourth-order valence-corrected chi connectivity index (χ4v) is 16.0. The van der Waals surface area contributed by atoms with Gasteiger partial charge in [0.25, 0.3) is 0 Å². The van der Waals surface area contributed by atoms with Crippen molar-refractivity contribution in [2.45, 2.75) is 64.5 Å². The number of amides is 1. The van der Waals surface area contributed by atoms with Crippen LogP contribution in [0.5, 0.6) is 0 Å². The van der Waals surface area contributed by atoms with Crippen LogP contribution in [0.25, 0.3) is 43.6 Å². The van der Waals surface area contributed by atoms with Gasteiger partial charge >= 0.3 is 0 Å². The molecule has 0 aliphatic carbocycles. The average molecular weight is 1260 g/mol. The number of nitrogens with one attached hydrogen (secondary N) is 4. The second-order valence-corrected chi connectivity index (χ2v) is 30.2. The van der Waals surface area contributed by atoms with Gasteiger partial charge in [-0.25, -0.2) is 33.9 Å². The number of nitrogens with zero attached hydrogens (tertiary/aromatic N) is 7. The van der Waals surface area contributed by atoms with Crippen molar-refractivity contribution in [3.05, 3.63) is 124 Å². The van der Waals surface area contributed by atoms with Gasteiger partial charge in [-0.2, -0.15) is 8.61 Å². The average Bonchev–Trinajstić information content (AvgIpc) is 4.36. The number of anilines is 3. The number of rotatable bonds is 7. The van der Waals surface area contributed by atoms with Crippen LogP contribution in [0.1, 0.15) is 58.9 Å². The van der Waals surface area contributed by atoms with E-state index in [0.29, 0.717) is 69.8 Å². The molecule has 8 heterocycles. The monoisotopic (exact) mass is 1260 g/mol. The summed E-state index contributed by atoms with van der Waals surface area (Å²) < 4.78 is 88.2. The molecule has 0 saturated carbocycles. The van der Waals surface area contributed by atoms with Crippen LogP contribution >= 0.6 is 34.8 Å². The van der Waals surface area contributed by atoms with Crippen LogP contribution in [0.3, 0.4) is 0 Å². The Morgan fingerprint density at radius 1 is 0.518 bits per heavy atom. The normalized spacial score (nSPS) is 18.7. The molecule has 448 valence electrons. The third kappa shape index (κ3) is 14.1. The van der Waals surface area contributed by atoms with E-state index < -0.39 is 35.6 Å². The molecule has 4 aromatic heterocycles. The van der Waals surface area contributed by atoms with Gasteiger partial charge in [0.2, 0.25) is 36.0 Å². The van der Waals surface area contributed by atoms with Gasteiger partial charge in [-0.15, -0.1) is 0 Å². The number of fused-ring (bicyclic) bond motifs is 4. The first-order valence-corrected chi connectivity index (χ1v) is 34.1. The second-order valence-electron chi connectivity index (χ2n) is 23.1. The Bertz CT molecular complexity index is 4000.